The van der Waals surface area contributed by atoms with Gasteiger partial charge in [0.2, 0.25) is 0 Å². The molecule has 2 aromatic heterocycles. The van der Waals surface area contributed by atoms with Crippen LogP contribution in [-0.4, -0.2) is 20.7 Å². The number of carbonyl (C=O) groups is 1. The van der Waals surface area contributed by atoms with Gasteiger partial charge in [0.15, 0.2) is 11.5 Å². The summed E-state index contributed by atoms with van der Waals surface area (Å²) in [5.41, 5.74) is -0.861. The van der Waals surface area contributed by atoms with Crippen molar-refractivity contribution in [3.05, 3.63) is 88.2 Å². The lowest BCUT2D eigenvalue weighted by Crippen LogP contribution is -2.26. The van der Waals surface area contributed by atoms with Crippen LogP contribution in [0.1, 0.15) is 21.6 Å². The van der Waals surface area contributed by atoms with E-state index in [4.69, 9.17) is 4.74 Å². The van der Waals surface area contributed by atoms with Crippen molar-refractivity contribution >= 4 is 34.5 Å². The van der Waals surface area contributed by atoms with Crippen LogP contribution in [0.4, 0.5) is 13.2 Å². The smallest absolute Gasteiger partial charge is 0.434 e. The van der Waals surface area contributed by atoms with E-state index in [1.807, 2.05) is 18.2 Å². The molecule has 0 spiro atoms. The Kier molecular flexibility index (Phi) is 6.67. The Morgan fingerprint density at radius 1 is 1.12 bits per heavy atom. The van der Waals surface area contributed by atoms with E-state index in [1.165, 1.54) is 12.1 Å². The largest absolute Gasteiger partial charge is 0.545 e. The third kappa shape index (κ3) is 4.95. The molecular formula is C23H14BrF3N3O3S-. The van der Waals surface area contributed by atoms with Crippen LogP contribution in [0, 0.1) is 0 Å². The second-order valence-electron chi connectivity index (χ2n) is 7.04. The number of halogens is 4. The van der Waals surface area contributed by atoms with Crippen LogP contribution in [0.2, 0.25) is 0 Å². The van der Waals surface area contributed by atoms with Gasteiger partial charge in [0, 0.05) is 26.1 Å². The van der Waals surface area contributed by atoms with Gasteiger partial charge in [0.1, 0.15) is 12.4 Å². The van der Waals surface area contributed by atoms with Gasteiger partial charge in [-0.2, -0.15) is 18.3 Å². The number of benzene rings is 2. The van der Waals surface area contributed by atoms with E-state index in [9.17, 15) is 23.1 Å². The lowest BCUT2D eigenvalue weighted by atomic mass is 10.1. The van der Waals surface area contributed by atoms with E-state index in [-0.39, 0.29) is 12.4 Å². The second kappa shape index (κ2) is 9.51. The molecule has 0 saturated heterocycles. The Morgan fingerprint density at radius 3 is 2.59 bits per heavy atom. The van der Waals surface area contributed by atoms with E-state index in [0.717, 1.165) is 14.9 Å². The number of hydrogen-bond acceptors (Lipinski definition) is 6. The molecule has 2 heterocycles. The number of aromatic nitrogens is 3. The number of aromatic carboxylic acids is 1. The highest BCUT2D eigenvalue weighted by molar-refractivity contribution is 9.10. The summed E-state index contributed by atoms with van der Waals surface area (Å²) >= 11 is 7.82. The fourth-order valence-electron chi connectivity index (χ4n) is 3.25. The van der Waals surface area contributed by atoms with Gasteiger partial charge in [0.05, 0.1) is 17.9 Å². The fraction of sp³-hybridized carbons (Fsp3) is 0.0870. The van der Waals surface area contributed by atoms with Crippen LogP contribution < -0.4 is 9.84 Å². The van der Waals surface area contributed by atoms with Crippen molar-refractivity contribution in [1.29, 1.82) is 0 Å². The Hall–Kier alpha value is -3.31. The summed E-state index contributed by atoms with van der Waals surface area (Å²) in [7, 11) is 0. The first-order chi connectivity index (χ1) is 16.1. The lowest BCUT2D eigenvalue weighted by Gasteiger charge is -2.15. The number of para-hydroxylation sites is 1. The standard InChI is InChI=1S/C23H15BrF3N3O3S/c24-14-9-8-13(19(34)10-14)12-33-18-6-2-1-4-15(18)17-5-3-7-20(29-17)30-21(23(25,26)27)16(11-28-30)22(31)32/h1-11,34H,12H2,(H,31,32)/p-1. The average molecular weight is 549 g/mol. The van der Waals surface area contributed by atoms with Gasteiger partial charge in [-0.15, -0.1) is 12.6 Å². The minimum Gasteiger partial charge on any atom is -0.545 e. The number of carbonyl (C=O) groups excluding carboxylic acids is 1. The van der Waals surface area contributed by atoms with Gasteiger partial charge in [-0.1, -0.05) is 40.2 Å². The van der Waals surface area contributed by atoms with Gasteiger partial charge in [-0.3, -0.25) is 0 Å². The molecule has 0 atom stereocenters. The molecule has 4 aromatic rings. The number of carboxylic acid groups (broad SMARTS) is 1. The number of pyridine rings is 1. The maximum absolute atomic E-state index is 13.6. The van der Waals surface area contributed by atoms with Gasteiger partial charge in [-0.05, 0) is 36.4 Å². The number of ether oxygens (including phenoxy) is 1. The van der Waals surface area contributed by atoms with E-state index in [0.29, 0.717) is 27.9 Å². The number of carboxylic acids is 1. The Balaban J connectivity index is 1.71. The van der Waals surface area contributed by atoms with E-state index >= 15 is 0 Å². The number of hydrogen-bond donors (Lipinski definition) is 1. The van der Waals surface area contributed by atoms with Crippen LogP contribution in [0.3, 0.4) is 0 Å². The maximum atomic E-state index is 13.6. The van der Waals surface area contributed by atoms with Crippen LogP contribution >= 0.6 is 28.6 Å². The summed E-state index contributed by atoms with van der Waals surface area (Å²) in [6.45, 7) is 0.204. The monoisotopic (exact) mass is 548 g/mol. The molecule has 4 rings (SSSR count). The zero-order valence-corrected chi connectivity index (χ0v) is 19.6. The first kappa shape index (κ1) is 23.8. The normalized spacial score (nSPS) is 11.4. The lowest BCUT2D eigenvalue weighted by molar-refractivity contribution is -0.255. The van der Waals surface area contributed by atoms with Crippen molar-refractivity contribution in [2.45, 2.75) is 17.7 Å². The van der Waals surface area contributed by atoms with Gasteiger partial charge >= 0.3 is 6.18 Å². The van der Waals surface area contributed by atoms with Crippen LogP contribution in [0.25, 0.3) is 17.1 Å². The molecule has 0 amide bonds. The van der Waals surface area contributed by atoms with Crippen molar-refractivity contribution in [2.24, 2.45) is 0 Å². The molecule has 0 saturated carbocycles. The van der Waals surface area contributed by atoms with Crippen molar-refractivity contribution in [3.8, 4) is 22.8 Å². The molecule has 34 heavy (non-hydrogen) atoms. The van der Waals surface area contributed by atoms with Crippen molar-refractivity contribution in [2.75, 3.05) is 0 Å². The molecule has 11 heteroatoms. The molecule has 0 aliphatic heterocycles. The van der Waals surface area contributed by atoms with E-state index in [2.05, 4.69) is 38.6 Å². The fourth-order valence-corrected chi connectivity index (χ4v) is 4.07. The molecule has 0 aliphatic rings. The highest BCUT2D eigenvalue weighted by Gasteiger charge is 2.39. The summed E-state index contributed by atoms with van der Waals surface area (Å²) in [6, 6.07) is 16.9. The quantitative estimate of drug-likeness (QED) is 0.345. The molecule has 6 nitrogen and oxygen atoms in total. The topological polar surface area (TPSA) is 80.1 Å². The van der Waals surface area contributed by atoms with Crippen LogP contribution in [-0.2, 0) is 12.8 Å². The summed E-state index contributed by atoms with van der Waals surface area (Å²) in [5.74, 6) is -1.74. The highest BCUT2D eigenvalue weighted by atomic mass is 79.9. The zero-order valence-electron chi connectivity index (χ0n) is 17.1. The van der Waals surface area contributed by atoms with Crippen molar-refractivity contribution < 1.29 is 27.8 Å². The molecule has 0 aliphatic carbocycles. The molecular weight excluding hydrogens is 535 g/mol. The number of alkyl halides is 3. The summed E-state index contributed by atoms with van der Waals surface area (Å²) < 4.78 is 48.0. The maximum Gasteiger partial charge on any atom is 0.434 e. The Labute approximate surface area is 205 Å². The summed E-state index contributed by atoms with van der Waals surface area (Å²) in [5, 5.41) is 14.8. The zero-order chi connectivity index (χ0) is 24.5. The third-order valence-corrected chi connectivity index (χ3v) is 5.71. The predicted octanol–water partition coefficient (Wildman–Crippen LogP) is 4.95. The third-order valence-electron chi connectivity index (χ3n) is 4.80. The predicted molar refractivity (Wildman–Crippen MR) is 122 cm³/mol. The van der Waals surface area contributed by atoms with Crippen LogP contribution in [0.5, 0.6) is 5.75 Å². The molecule has 0 radical (unpaired) electrons. The summed E-state index contributed by atoms with van der Waals surface area (Å²) in [6.07, 6.45) is -4.39. The molecule has 174 valence electrons. The SMILES string of the molecule is O=C([O-])c1cnn(-c2cccc(-c3ccccc3OCc3ccc(Br)cc3S)n2)c1C(F)(F)F. The van der Waals surface area contributed by atoms with Gasteiger partial charge in [-0.25, -0.2) is 9.67 Å². The van der Waals surface area contributed by atoms with Crippen molar-refractivity contribution in [1.82, 2.24) is 14.8 Å². The van der Waals surface area contributed by atoms with E-state index < -0.39 is 23.4 Å². The molecule has 0 unspecified atom stereocenters. The van der Waals surface area contributed by atoms with Crippen molar-refractivity contribution in [3.63, 3.8) is 0 Å². The molecule has 0 fully saturated rings. The molecule has 0 bridgehead atoms. The van der Waals surface area contributed by atoms with Gasteiger partial charge in [0.25, 0.3) is 0 Å². The average Bonchev–Trinajstić information content (AvgIpc) is 3.25. The highest BCUT2D eigenvalue weighted by Crippen LogP contribution is 2.34. The number of rotatable bonds is 6. The molecule has 0 N–H and O–H groups in total. The Morgan fingerprint density at radius 2 is 1.88 bits per heavy atom. The molecule has 2 aromatic carbocycles. The second-order valence-corrected chi connectivity index (χ2v) is 8.44. The first-order valence-electron chi connectivity index (χ1n) is 9.68. The van der Waals surface area contributed by atoms with Gasteiger partial charge < -0.3 is 14.6 Å². The summed E-state index contributed by atoms with van der Waals surface area (Å²) in [4.78, 5) is 16.2. The minimum absolute atomic E-state index is 0.204. The number of thiol groups is 1. The Bertz CT molecular complexity index is 1380. The first-order valence-corrected chi connectivity index (χ1v) is 10.9. The number of nitrogens with zero attached hydrogens (tertiary/aromatic N) is 3. The van der Waals surface area contributed by atoms with E-state index in [1.54, 1.807) is 30.3 Å². The van der Waals surface area contributed by atoms with Crippen LogP contribution in [0.15, 0.2) is 76.2 Å². The minimum atomic E-state index is -4.99.